The van der Waals surface area contributed by atoms with Gasteiger partial charge in [-0.3, -0.25) is 0 Å². The second-order valence-electron chi connectivity index (χ2n) is 4.88. The average Bonchev–Trinajstić information content (AvgIpc) is 2.44. The van der Waals surface area contributed by atoms with Gasteiger partial charge in [0.2, 0.25) is 0 Å². The molecule has 21 heavy (non-hydrogen) atoms. The first-order chi connectivity index (χ1) is 9.92. The number of carbonyl (C=O) groups excluding carboxylic acids is 1. The number of amides is 2. The van der Waals surface area contributed by atoms with Crippen LogP contribution >= 0.6 is 22.6 Å². The lowest BCUT2D eigenvalue weighted by Crippen LogP contribution is -2.35. The van der Waals surface area contributed by atoms with E-state index in [1.54, 1.807) is 19.2 Å². The summed E-state index contributed by atoms with van der Waals surface area (Å²) in [6.45, 7) is 4.76. The molecule has 0 aliphatic carbocycles. The third kappa shape index (κ3) is 6.96. The summed E-state index contributed by atoms with van der Waals surface area (Å²) in [7, 11) is 1.56. The van der Waals surface area contributed by atoms with Crippen LogP contribution in [-0.2, 0) is 0 Å². The molecule has 0 radical (unpaired) electrons. The monoisotopic (exact) mass is 407 g/mol. The van der Waals surface area contributed by atoms with Crippen molar-refractivity contribution in [1.29, 1.82) is 0 Å². The average molecular weight is 407 g/mol. The van der Waals surface area contributed by atoms with Gasteiger partial charge < -0.3 is 25.8 Å². The Hall–Kier alpha value is -1.06. The molecular formula is C14H22IN3O3. The van der Waals surface area contributed by atoms with Gasteiger partial charge in [0, 0.05) is 25.3 Å². The molecule has 1 atom stereocenters. The van der Waals surface area contributed by atoms with Crippen LogP contribution in [0.5, 0.6) is 5.75 Å². The highest BCUT2D eigenvalue weighted by Gasteiger charge is 2.09. The second-order valence-corrected chi connectivity index (χ2v) is 6.04. The minimum atomic E-state index is -0.563. The van der Waals surface area contributed by atoms with Gasteiger partial charge in [0.1, 0.15) is 18.5 Å². The molecule has 0 aliphatic rings. The lowest BCUT2D eigenvalue weighted by molar-refractivity contribution is 0.104. The number of aliphatic hydroxyl groups is 1. The number of hydrogen-bond acceptors (Lipinski definition) is 4. The summed E-state index contributed by atoms with van der Waals surface area (Å²) in [5, 5.41) is 18.1. The van der Waals surface area contributed by atoms with Gasteiger partial charge in [-0.1, -0.05) is 13.8 Å². The van der Waals surface area contributed by atoms with Crippen LogP contribution in [0.2, 0.25) is 0 Å². The molecule has 0 aromatic heterocycles. The van der Waals surface area contributed by atoms with Crippen molar-refractivity contribution in [2.24, 2.45) is 0 Å². The Bertz CT molecular complexity index is 469. The highest BCUT2D eigenvalue weighted by Crippen LogP contribution is 2.24. The third-order valence-corrected chi connectivity index (χ3v) is 3.45. The lowest BCUT2D eigenvalue weighted by Gasteiger charge is -2.16. The molecule has 1 rings (SSSR count). The SMILES string of the molecule is CNC(=O)Nc1ccc(OC[C@H](O)CNC(C)C)c(I)c1. The number of hydrogen-bond donors (Lipinski definition) is 4. The molecule has 7 heteroatoms. The molecule has 4 N–H and O–H groups in total. The maximum absolute atomic E-state index is 11.2. The molecule has 0 heterocycles. The van der Waals surface area contributed by atoms with E-state index in [4.69, 9.17) is 4.74 Å². The zero-order valence-electron chi connectivity index (χ0n) is 12.4. The first-order valence-electron chi connectivity index (χ1n) is 6.75. The van der Waals surface area contributed by atoms with Gasteiger partial charge in [0.05, 0.1) is 3.57 Å². The molecule has 0 unspecified atom stereocenters. The van der Waals surface area contributed by atoms with Gasteiger partial charge in [0.25, 0.3) is 0 Å². The fourth-order valence-electron chi connectivity index (χ4n) is 1.51. The maximum Gasteiger partial charge on any atom is 0.318 e. The van der Waals surface area contributed by atoms with Crippen molar-refractivity contribution in [1.82, 2.24) is 10.6 Å². The number of halogens is 1. The normalized spacial score (nSPS) is 12.1. The Balaban J connectivity index is 2.50. The van der Waals surface area contributed by atoms with E-state index < -0.39 is 6.10 Å². The van der Waals surface area contributed by atoms with E-state index >= 15 is 0 Å². The van der Waals surface area contributed by atoms with Crippen LogP contribution in [0.15, 0.2) is 18.2 Å². The molecule has 0 aliphatic heterocycles. The van der Waals surface area contributed by atoms with Crippen molar-refractivity contribution in [3.8, 4) is 5.75 Å². The molecule has 1 aromatic carbocycles. The minimum absolute atomic E-state index is 0.220. The molecule has 2 amide bonds. The summed E-state index contributed by atoms with van der Waals surface area (Å²) < 4.78 is 6.46. The Morgan fingerprint density at radius 2 is 2.14 bits per heavy atom. The number of urea groups is 1. The van der Waals surface area contributed by atoms with E-state index in [0.717, 1.165) is 3.57 Å². The standard InChI is InChI=1S/C14H22IN3O3/c1-9(2)17-7-11(19)8-21-13-5-4-10(6-12(13)15)18-14(20)16-3/h4-6,9,11,17,19H,7-8H2,1-3H3,(H2,16,18,20)/t11-/m1/s1. The third-order valence-electron chi connectivity index (χ3n) is 2.61. The van der Waals surface area contributed by atoms with Crippen molar-refractivity contribution in [2.45, 2.75) is 26.0 Å². The highest BCUT2D eigenvalue weighted by molar-refractivity contribution is 14.1. The largest absolute Gasteiger partial charge is 0.490 e. The van der Waals surface area contributed by atoms with Gasteiger partial charge >= 0.3 is 6.03 Å². The molecular weight excluding hydrogens is 385 g/mol. The Morgan fingerprint density at radius 1 is 1.43 bits per heavy atom. The zero-order valence-corrected chi connectivity index (χ0v) is 14.6. The molecule has 118 valence electrons. The molecule has 1 aromatic rings. The Morgan fingerprint density at radius 3 is 2.71 bits per heavy atom. The van der Waals surface area contributed by atoms with Crippen LogP contribution in [0.3, 0.4) is 0 Å². The Kier molecular flexibility index (Phi) is 7.76. The molecule has 6 nitrogen and oxygen atoms in total. The van der Waals surface area contributed by atoms with Crippen LogP contribution in [0.4, 0.5) is 10.5 Å². The maximum atomic E-state index is 11.2. The number of anilines is 1. The number of carbonyl (C=O) groups is 1. The van der Waals surface area contributed by atoms with Crippen molar-refractivity contribution in [3.05, 3.63) is 21.8 Å². The van der Waals surface area contributed by atoms with Crippen LogP contribution in [0.1, 0.15) is 13.8 Å². The van der Waals surface area contributed by atoms with Gasteiger partial charge in [-0.25, -0.2) is 4.79 Å². The highest BCUT2D eigenvalue weighted by atomic mass is 127. The molecule has 0 bridgehead atoms. The molecule has 0 fully saturated rings. The fraction of sp³-hybridized carbons (Fsp3) is 0.500. The van der Waals surface area contributed by atoms with Crippen molar-refractivity contribution >= 4 is 34.3 Å². The van der Waals surface area contributed by atoms with E-state index in [1.807, 2.05) is 19.9 Å². The Labute approximate surface area is 138 Å². The molecule has 0 saturated heterocycles. The number of nitrogens with one attached hydrogen (secondary N) is 3. The number of aliphatic hydroxyl groups excluding tert-OH is 1. The van der Waals surface area contributed by atoms with Gasteiger partial charge in [-0.05, 0) is 40.8 Å². The summed E-state index contributed by atoms with van der Waals surface area (Å²) in [6, 6.07) is 5.40. The number of benzene rings is 1. The lowest BCUT2D eigenvalue weighted by atomic mass is 10.3. The predicted molar refractivity (Wildman–Crippen MR) is 91.9 cm³/mol. The van der Waals surface area contributed by atoms with Crippen molar-refractivity contribution in [2.75, 3.05) is 25.5 Å². The van der Waals surface area contributed by atoms with E-state index in [1.165, 1.54) is 0 Å². The topological polar surface area (TPSA) is 82.6 Å². The minimum Gasteiger partial charge on any atom is -0.490 e. The van der Waals surface area contributed by atoms with Crippen LogP contribution in [0.25, 0.3) is 0 Å². The number of rotatable bonds is 7. The van der Waals surface area contributed by atoms with E-state index in [-0.39, 0.29) is 12.6 Å². The van der Waals surface area contributed by atoms with Crippen molar-refractivity contribution < 1.29 is 14.6 Å². The first-order valence-corrected chi connectivity index (χ1v) is 7.82. The van der Waals surface area contributed by atoms with E-state index in [9.17, 15) is 9.90 Å². The summed E-state index contributed by atoms with van der Waals surface area (Å²) in [5.41, 5.74) is 0.688. The van der Waals surface area contributed by atoms with Crippen LogP contribution < -0.4 is 20.7 Å². The van der Waals surface area contributed by atoms with Crippen LogP contribution in [0, 0.1) is 3.57 Å². The summed E-state index contributed by atoms with van der Waals surface area (Å²) >= 11 is 2.13. The number of ether oxygens (including phenoxy) is 1. The van der Waals surface area contributed by atoms with Crippen LogP contribution in [-0.4, -0.2) is 43.5 Å². The first kappa shape index (κ1) is 18.0. The van der Waals surface area contributed by atoms with Gasteiger partial charge in [-0.2, -0.15) is 0 Å². The summed E-state index contributed by atoms with van der Waals surface area (Å²) in [4.78, 5) is 11.2. The summed E-state index contributed by atoms with van der Waals surface area (Å²) in [6.07, 6.45) is -0.563. The second kappa shape index (κ2) is 9.06. The smallest absolute Gasteiger partial charge is 0.318 e. The summed E-state index contributed by atoms with van der Waals surface area (Å²) in [5.74, 6) is 0.682. The van der Waals surface area contributed by atoms with Crippen molar-refractivity contribution in [3.63, 3.8) is 0 Å². The van der Waals surface area contributed by atoms with E-state index in [0.29, 0.717) is 24.0 Å². The fourth-order valence-corrected chi connectivity index (χ4v) is 2.18. The quantitative estimate of drug-likeness (QED) is 0.520. The van der Waals surface area contributed by atoms with Gasteiger partial charge in [0.15, 0.2) is 0 Å². The van der Waals surface area contributed by atoms with E-state index in [2.05, 4.69) is 38.5 Å². The van der Waals surface area contributed by atoms with Gasteiger partial charge in [-0.15, -0.1) is 0 Å². The predicted octanol–water partition coefficient (Wildman–Crippen LogP) is 1.78. The zero-order chi connectivity index (χ0) is 15.8. The molecule has 0 spiro atoms. The molecule has 0 saturated carbocycles.